The lowest BCUT2D eigenvalue weighted by Crippen LogP contribution is -2.53. The summed E-state index contributed by atoms with van der Waals surface area (Å²) < 4.78 is 5.49. The van der Waals surface area contributed by atoms with Crippen molar-refractivity contribution < 1.29 is 19.1 Å². The van der Waals surface area contributed by atoms with Crippen LogP contribution in [0.1, 0.15) is 35.4 Å². The van der Waals surface area contributed by atoms with Crippen molar-refractivity contribution in [1.29, 1.82) is 0 Å². The molecule has 0 radical (unpaired) electrons. The maximum atomic E-state index is 12.2. The predicted molar refractivity (Wildman–Crippen MR) is 119 cm³/mol. The van der Waals surface area contributed by atoms with Gasteiger partial charge in [-0.15, -0.1) is 0 Å². The van der Waals surface area contributed by atoms with Crippen molar-refractivity contribution in [3.05, 3.63) is 58.1 Å². The van der Waals surface area contributed by atoms with Gasteiger partial charge in [-0.25, -0.2) is 4.79 Å². The van der Waals surface area contributed by atoms with Gasteiger partial charge in [-0.2, -0.15) is 0 Å². The van der Waals surface area contributed by atoms with Gasteiger partial charge in [-0.05, 0) is 61.2 Å². The summed E-state index contributed by atoms with van der Waals surface area (Å²) in [5, 5.41) is 5.63. The minimum Gasteiger partial charge on any atom is -0.442 e. The monoisotopic (exact) mass is 441 g/mol. The maximum Gasteiger partial charge on any atom is 0.412 e. The first kappa shape index (κ1) is 21.2. The Morgan fingerprint density at radius 2 is 1.84 bits per heavy atom. The van der Waals surface area contributed by atoms with Crippen LogP contribution in [0.5, 0.6) is 0 Å². The number of aryl methyl sites for hydroxylation is 2. The van der Waals surface area contributed by atoms with Crippen LogP contribution in [-0.2, 0) is 14.3 Å². The molecule has 2 N–H and O–H groups in total. The van der Waals surface area contributed by atoms with E-state index in [-0.39, 0.29) is 17.9 Å². The van der Waals surface area contributed by atoms with Crippen LogP contribution in [0.15, 0.2) is 36.4 Å². The molecule has 31 heavy (non-hydrogen) atoms. The third kappa shape index (κ3) is 4.82. The summed E-state index contributed by atoms with van der Waals surface area (Å²) in [5.41, 5.74) is 4.48. The molecule has 8 heteroatoms. The van der Waals surface area contributed by atoms with E-state index >= 15 is 0 Å². The van der Waals surface area contributed by atoms with E-state index in [1.807, 2.05) is 50.2 Å². The Balaban J connectivity index is 1.31. The third-order valence-electron chi connectivity index (χ3n) is 5.55. The average molecular weight is 442 g/mol. The minimum absolute atomic E-state index is 0.209. The molecule has 2 aromatic carbocycles. The number of hydrogen-bond acceptors (Lipinski definition) is 5. The van der Waals surface area contributed by atoms with Crippen LogP contribution >= 0.6 is 11.6 Å². The lowest BCUT2D eigenvalue weighted by molar-refractivity contribution is -0.134. The van der Waals surface area contributed by atoms with Crippen LogP contribution in [-0.4, -0.2) is 37.1 Å². The first-order chi connectivity index (χ1) is 14.8. The number of imide groups is 1. The zero-order valence-corrected chi connectivity index (χ0v) is 18.2. The molecule has 1 unspecified atom stereocenters. The minimum atomic E-state index is -0.471. The first-order valence-corrected chi connectivity index (χ1v) is 10.6. The Kier molecular flexibility index (Phi) is 5.87. The summed E-state index contributed by atoms with van der Waals surface area (Å²) in [5.74, 6) is -0.971. The van der Waals surface area contributed by atoms with Gasteiger partial charge < -0.3 is 9.64 Å². The molecule has 2 aliphatic heterocycles. The smallest absolute Gasteiger partial charge is 0.412 e. The normalized spacial score (nSPS) is 18.9. The molecule has 2 fully saturated rings. The number of benzene rings is 2. The fourth-order valence-electron chi connectivity index (χ4n) is 4.05. The summed E-state index contributed by atoms with van der Waals surface area (Å²) in [4.78, 5) is 37.7. The number of carbonyl (C=O) groups excluding carboxylic acids is 3. The molecule has 0 aromatic heterocycles. The first-order valence-electron chi connectivity index (χ1n) is 10.2. The van der Waals surface area contributed by atoms with Crippen LogP contribution in [0.25, 0.3) is 0 Å². The van der Waals surface area contributed by atoms with Gasteiger partial charge in [-0.3, -0.25) is 20.2 Å². The van der Waals surface area contributed by atoms with Gasteiger partial charge in [-0.1, -0.05) is 23.7 Å². The van der Waals surface area contributed by atoms with E-state index < -0.39 is 12.0 Å². The Bertz CT molecular complexity index is 1030. The van der Waals surface area contributed by atoms with Crippen molar-refractivity contribution in [2.75, 3.05) is 23.3 Å². The zero-order chi connectivity index (χ0) is 22.1. The summed E-state index contributed by atoms with van der Waals surface area (Å²) in [6.07, 6.45) is 0.0864. The highest BCUT2D eigenvalue weighted by atomic mass is 35.5. The number of nitrogens with zero attached hydrogens (tertiary/aromatic N) is 1. The van der Waals surface area contributed by atoms with E-state index in [4.69, 9.17) is 16.3 Å². The molecule has 1 atom stereocenters. The molecular weight excluding hydrogens is 418 g/mol. The van der Waals surface area contributed by atoms with Crippen molar-refractivity contribution in [2.45, 2.75) is 38.7 Å². The SMILES string of the molecule is Cc1cc(C)cc(NC(=O)OC2CN(c3ccc(C4CCC(=O)NC4=O)c(Cl)c3)C2)c1. The van der Waals surface area contributed by atoms with Gasteiger partial charge in [0.25, 0.3) is 0 Å². The Hall–Kier alpha value is -3.06. The van der Waals surface area contributed by atoms with E-state index in [0.717, 1.165) is 28.1 Å². The van der Waals surface area contributed by atoms with Crippen molar-refractivity contribution in [3.8, 4) is 0 Å². The van der Waals surface area contributed by atoms with E-state index in [2.05, 4.69) is 15.5 Å². The molecule has 4 rings (SSSR count). The lowest BCUT2D eigenvalue weighted by Gasteiger charge is -2.40. The number of ether oxygens (including phenoxy) is 1. The Morgan fingerprint density at radius 3 is 2.48 bits per heavy atom. The third-order valence-corrected chi connectivity index (χ3v) is 5.88. The molecule has 7 nitrogen and oxygen atoms in total. The highest BCUT2D eigenvalue weighted by Crippen LogP contribution is 2.34. The van der Waals surface area contributed by atoms with Gasteiger partial charge in [0.1, 0.15) is 6.10 Å². The number of amides is 3. The van der Waals surface area contributed by atoms with Crippen molar-refractivity contribution >= 4 is 40.9 Å². The quantitative estimate of drug-likeness (QED) is 0.702. The molecule has 0 saturated carbocycles. The van der Waals surface area contributed by atoms with Gasteiger partial charge in [0, 0.05) is 22.8 Å². The van der Waals surface area contributed by atoms with E-state index in [1.165, 1.54) is 0 Å². The molecule has 2 aliphatic rings. The lowest BCUT2D eigenvalue weighted by atomic mass is 9.90. The number of rotatable bonds is 4. The largest absolute Gasteiger partial charge is 0.442 e. The average Bonchev–Trinajstić information content (AvgIpc) is 2.64. The highest BCUT2D eigenvalue weighted by molar-refractivity contribution is 6.32. The summed E-state index contributed by atoms with van der Waals surface area (Å²) in [7, 11) is 0. The molecule has 3 amide bonds. The molecule has 0 aliphatic carbocycles. The maximum absolute atomic E-state index is 12.2. The van der Waals surface area contributed by atoms with Crippen molar-refractivity contribution in [2.24, 2.45) is 0 Å². The van der Waals surface area contributed by atoms with Gasteiger partial charge in [0.05, 0.1) is 19.0 Å². The van der Waals surface area contributed by atoms with E-state index in [0.29, 0.717) is 31.0 Å². The zero-order valence-electron chi connectivity index (χ0n) is 17.4. The predicted octanol–water partition coefficient (Wildman–Crippen LogP) is 3.91. The fraction of sp³-hybridized carbons (Fsp3) is 0.348. The number of anilines is 2. The standard InChI is InChI=1S/C23H24ClN3O4/c1-13-7-14(2)9-15(8-13)25-23(30)31-17-11-27(12-17)16-3-4-18(20(24)10-16)19-5-6-21(28)26-22(19)29/h3-4,7-10,17,19H,5-6,11-12H2,1-2H3,(H,25,30)(H,26,28,29). The second-order valence-electron chi connectivity index (χ2n) is 8.14. The Morgan fingerprint density at radius 1 is 1.13 bits per heavy atom. The van der Waals surface area contributed by atoms with Crippen LogP contribution in [0.4, 0.5) is 16.2 Å². The molecular formula is C23H24ClN3O4. The van der Waals surface area contributed by atoms with Crippen molar-refractivity contribution in [3.63, 3.8) is 0 Å². The van der Waals surface area contributed by atoms with Crippen LogP contribution in [0.3, 0.4) is 0 Å². The molecule has 0 spiro atoms. The number of halogens is 1. The number of piperidine rings is 1. The topological polar surface area (TPSA) is 87.7 Å². The van der Waals surface area contributed by atoms with E-state index in [9.17, 15) is 14.4 Å². The van der Waals surface area contributed by atoms with Gasteiger partial charge in [0.2, 0.25) is 11.8 Å². The highest BCUT2D eigenvalue weighted by Gasteiger charge is 2.32. The second-order valence-corrected chi connectivity index (χ2v) is 8.55. The summed E-state index contributed by atoms with van der Waals surface area (Å²) in [6, 6.07) is 11.4. The molecule has 2 heterocycles. The molecule has 0 bridgehead atoms. The Labute approximate surface area is 185 Å². The van der Waals surface area contributed by atoms with Gasteiger partial charge in [0.15, 0.2) is 0 Å². The van der Waals surface area contributed by atoms with Crippen LogP contribution < -0.4 is 15.5 Å². The molecule has 162 valence electrons. The van der Waals surface area contributed by atoms with Crippen LogP contribution in [0.2, 0.25) is 5.02 Å². The number of carbonyl (C=O) groups is 3. The summed E-state index contributed by atoms with van der Waals surface area (Å²) in [6.45, 7) is 5.08. The van der Waals surface area contributed by atoms with Crippen LogP contribution in [0, 0.1) is 13.8 Å². The van der Waals surface area contributed by atoms with Gasteiger partial charge >= 0.3 is 6.09 Å². The molecule has 2 saturated heterocycles. The van der Waals surface area contributed by atoms with Crippen molar-refractivity contribution in [1.82, 2.24) is 5.32 Å². The summed E-state index contributed by atoms with van der Waals surface area (Å²) >= 11 is 6.44. The molecule has 2 aromatic rings. The second kappa shape index (κ2) is 8.59. The number of nitrogens with one attached hydrogen (secondary N) is 2. The number of hydrogen-bond donors (Lipinski definition) is 2. The fourth-order valence-corrected chi connectivity index (χ4v) is 4.36. The van der Waals surface area contributed by atoms with E-state index in [1.54, 1.807) is 0 Å².